The zero-order valence-corrected chi connectivity index (χ0v) is 8.81. The number of carboxylic acids is 1. The minimum absolute atomic E-state index is 0.153. The number of rotatable bonds is 4. The molecule has 0 radical (unpaired) electrons. The van der Waals surface area contributed by atoms with Crippen LogP contribution in [0.1, 0.15) is 12.0 Å². The van der Waals surface area contributed by atoms with Crippen LogP contribution < -0.4 is 5.32 Å². The Morgan fingerprint density at radius 3 is 2.27 bits per heavy atom. The normalized spacial score (nSPS) is 8.93. The molecule has 0 atom stereocenters. The number of aliphatic hydroxyl groups excluding tert-OH is 1. The fourth-order valence-electron chi connectivity index (χ4n) is 0.896. The summed E-state index contributed by atoms with van der Waals surface area (Å²) in [5, 5.41) is 18.7. The number of carboxylic acid groups (broad SMARTS) is 1. The molecule has 1 aromatic rings. The van der Waals surface area contributed by atoms with Crippen molar-refractivity contribution in [2.24, 2.45) is 0 Å². The van der Waals surface area contributed by atoms with Gasteiger partial charge in [0.25, 0.3) is 0 Å². The molecule has 0 aliphatic carbocycles. The second-order valence-corrected chi connectivity index (χ2v) is 2.88. The molecule has 15 heavy (non-hydrogen) atoms. The maximum Gasteiger partial charge on any atom is 0.305 e. The highest BCUT2D eigenvalue weighted by Crippen LogP contribution is 1.95. The smallest absolute Gasteiger partial charge is 0.305 e. The number of hydrogen-bond acceptors (Lipinski definition) is 3. The summed E-state index contributed by atoms with van der Waals surface area (Å²) in [6.07, 6.45) is -0.153. The van der Waals surface area contributed by atoms with Crippen LogP contribution >= 0.6 is 0 Å². The van der Waals surface area contributed by atoms with Crippen LogP contribution in [0.4, 0.5) is 0 Å². The van der Waals surface area contributed by atoms with Crippen molar-refractivity contribution in [2.45, 2.75) is 13.0 Å². The summed E-state index contributed by atoms with van der Waals surface area (Å²) in [5.41, 5.74) is 1.33. The van der Waals surface area contributed by atoms with Crippen molar-refractivity contribution in [1.29, 1.82) is 0 Å². The predicted molar refractivity (Wildman–Crippen MR) is 58.5 cm³/mol. The standard InChI is InChI=1S/C8H11N.C3H6O3/c1-9-7-8-5-3-2-4-6-8;4-2-1-3(5)6/h2-6,9H,7H2,1H3;4H,1-2H2,(H,5,6). The zero-order chi connectivity index (χ0) is 11.5. The molecule has 4 heteroatoms. The van der Waals surface area contributed by atoms with Gasteiger partial charge in [-0.1, -0.05) is 30.3 Å². The van der Waals surface area contributed by atoms with Crippen molar-refractivity contribution >= 4 is 5.97 Å². The van der Waals surface area contributed by atoms with E-state index in [0.29, 0.717) is 0 Å². The molecule has 0 aliphatic heterocycles. The molecule has 3 N–H and O–H groups in total. The largest absolute Gasteiger partial charge is 0.481 e. The van der Waals surface area contributed by atoms with Crippen LogP contribution in [0, 0.1) is 0 Å². The van der Waals surface area contributed by atoms with E-state index in [2.05, 4.69) is 17.4 Å². The van der Waals surface area contributed by atoms with Gasteiger partial charge < -0.3 is 15.5 Å². The Kier molecular flexibility index (Phi) is 8.33. The lowest BCUT2D eigenvalue weighted by Crippen LogP contribution is -2.04. The molecule has 0 fully saturated rings. The van der Waals surface area contributed by atoms with Crippen LogP contribution in [0.3, 0.4) is 0 Å². The van der Waals surface area contributed by atoms with E-state index < -0.39 is 5.97 Å². The fraction of sp³-hybridized carbons (Fsp3) is 0.364. The molecular formula is C11H17NO3. The van der Waals surface area contributed by atoms with Gasteiger partial charge in [-0.25, -0.2) is 0 Å². The van der Waals surface area contributed by atoms with Crippen molar-refractivity contribution in [1.82, 2.24) is 5.32 Å². The molecular weight excluding hydrogens is 194 g/mol. The first-order chi connectivity index (χ1) is 7.20. The molecule has 0 spiro atoms. The number of carbonyl (C=O) groups is 1. The topological polar surface area (TPSA) is 69.6 Å². The molecule has 0 amide bonds. The molecule has 4 nitrogen and oxygen atoms in total. The number of aliphatic carboxylic acids is 1. The lowest BCUT2D eigenvalue weighted by atomic mass is 10.2. The van der Waals surface area contributed by atoms with Crippen LogP contribution in [0.2, 0.25) is 0 Å². The van der Waals surface area contributed by atoms with Crippen LogP contribution in [0.25, 0.3) is 0 Å². The highest BCUT2D eigenvalue weighted by Gasteiger charge is 1.88. The molecule has 0 unspecified atom stereocenters. The summed E-state index contributed by atoms with van der Waals surface area (Å²) >= 11 is 0. The summed E-state index contributed by atoms with van der Waals surface area (Å²) in [4.78, 5) is 9.44. The van der Waals surface area contributed by atoms with E-state index in [1.807, 2.05) is 25.2 Å². The van der Waals surface area contributed by atoms with Gasteiger partial charge in [0.1, 0.15) is 0 Å². The number of aliphatic hydroxyl groups is 1. The Morgan fingerprint density at radius 1 is 1.33 bits per heavy atom. The summed E-state index contributed by atoms with van der Waals surface area (Å²) in [6, 6.07) is 10.3. The molecule has 0 saturated carbocycles. The SMILES string of the molecule is CNCc1ccccc1.O=C(O)CCO. The van der Waals surface area contributed by atoms with Gasteiger partial charge in [0.05, 0.1) is 13.0 Å². The lowest BCUT2D eigenvalue weighted by molar-refractivity contribution is -0.137. The van der Waals surface area contributed by atoms with E-state index in [9.17, 15) is 4.79 Å². The molecule has 0 saturated heterocycles. The van der Waals surface area contributed by atoms with Crippen LogP contribution in [0.5, 0.6) is 0 Å². The van der Waals surface area contributed by atoms with Crippen molar-refractivity contribution in [3.8, 4) is 0 Å². The first-order valence-electron chi connectivity index (χ1n) is 4.72. The number of benzene rings is 1. The summed E-state index contributed by atoms with van der Waals surface area (Å²) < 4.78 is 0. The predicted octanol–water partition coefficient (Wildman–Crippen LogP) is 0.859. The highest BCUT2D eigenvalue weighted by molar-refractivity contribution is 5.66. The second kappa shape index (κ2) is 9.18. The van der Waals surface area contributed by atoms with Gasteiger partial charge in [-0.2, -0.15) is 0 Å². The van der Waals surface area contributed by atoms with E-state index >= 15 is 0 Å². The summed E-state index contributed by atoms with van der Waals surface area (Å²) in [6.45, 7) is 0.691. The third-order valence-electron chi connectivity index (χ3n) is 1.55. The highest BCUT2D eigenvalue weighted by atomic mass is 16.4. The second-order valence-electron chi connectivity index (χ2n) is 2.88. The Bertz CT molecular complexity index is 262. The molecule has 0 bridgehead atoms. The van der Waals surface area contributed by atoms with Crippen LogP contribution in [-0.2, 0) is 11.3 Å². The van der Waals surface area contributed by atoms with Crippen molar-refractivity contribution in [3.63, 3.8) is 0 Å². The molecule has 1 rings (SSSR count). The van der Waals surface area contributed by atoms with Crippen molar-refractivity contribution in [3.05, 3.63) is 35.9 Å². The maximum absolute atomic E-state index is 9.44. The van der Waals surface area contributed by atoms with E-state index in [1.54, 1.807) is 0 Å². The summed E-state index contributed by atoms with van der Waals surface area (Å²) in [7, 11) is 1.95. The Labute approximate surface area is 89.6 Å². The fourth-order valence-corrected chi connectivity index (χ4v) is 0.896. The average molecular weight is 211 g/mol. The van der Waals surface area contributed by atoms with Gasteiger partial charge in [0, 0.05) is 6.54 Å². The monoisotopic (exact) mass is 211 g/mol. The average Bonchev–Trinajstić information content (AvgIpc) is 2.20. The molecule has 84 valence electrons. The molecule has 1 aromatic carbocycles. The number of hydrogen-bond donors (Lipinski definition) is 3. The Morgan fingerprint density at radius 2 is 1.93 bits per heavy atom. The minimum Gasteiger partial charge on any atom is -0.481 e. The molecule has 0 aliphatic rings. The number of nitrogens with one attached hydrogen (secondary N) is 1. The van der Waals surface area contributed by atoms with Gasteiger partial charge in [0.15, 0.2) is 0 Å². The lowest BCUT2D eigenvalue weighted by Gasteiger charge is -1.95. The van der Waals surface area contributed by atoms with E-state index in [0.717, 1.165) is 6.54 Å². The zero-order valence-electron chi connectivity index (χ0n) is 8.81. The third-order valence-corrected chi connectivity index (χ3v) is 1.55. The first kappa shape index (κ1) is 13.6. The van der Waals surface area contributed by atoms with Gasteiger partial charge in [-0.3, -0.25) is 4.79 Å². The van der Waals surface area contributed by atoms with Gasteiger partial charge in [0.2, 0.25) is 0 Å². The van der Waals surface area contributed by atoms with Crippen molar-refractivity contribution in [2.75, 3.05) is 13.7 Å². The van der Waals surface area contributed by atoms with Crippen molar-refractivity contribution < 1.29 is 15.0 Å². The van der Waals surface area contributed by atoms with Gasteiger partial charge in [-0.15, -0.1) is 0 Å². The van der Waals surface area contributed by atoms with Gasteiger partial charge in [-0.05, 0) is 12.6 Å². The third kappa shape index (κ3) is 8.93. The van der Waals surface area contributed by atoms with E-state index in [1.165, 1.54) is 5.56 Å². The minimum atomic E-state index is -0.961. The molecule has 0 heterocycles. The van der Waals surface area contributed by atoms with Crippen LogP contribution in [0.15, 0.2) is 30.3 Å². The quantitative estimate of drug-likeness (QED) is 0.691. The Hall–Kier alpha value is -1.39. The maximum atomic E-state index is 9.44. The van der Waals surface area contributed by atoms with Gasteiger partial charge >= 0.3 is 5.97 Å². The van der Waals surface area contributed by atoms with E-state index in [4.69, 9.17) is 10.2 Å². The van der Waals surface area contributed by atoms with Crippen LogP contribution in [-0.4, -0.2) is 29.8 Å². The molecule has 0 aromatic heterocycles. The van der Waals surface area contributed by atoms with E-state index in [-0.39, 0.29) is 13.0 Å². The first-order valence-corrected chi connectivity index (χ1v) is 4.72. The summed E-state index contributed by atoms with van der Waals surface area (Å²) in [5.74, 6) is -0.961. The Balaban J connectivity index is 0.000000288.